The number of aryl methyl sites for hydroxylation is 1. The van der Waals surface area contributed by atoms with Crippen LogP contribution in [0.4, 0.5) is 5.69 Å². The van der Waals surface area contributed by atoms with Crippen molar-refractivity contribution in [3.05, 3.63) is 48.0 Å². The first-order valence-corrected chi connectivity index (χ1v) is 8.95. The zero-order valence-corrected chi connectivity index (χ0v) is 14.7. The lowest BCUT2D eigenvalue weighted by atomic mass is 9.97. The SMILES string of the molecule is CCn1ccnc1CNc1cccc(C(=O)N2CCC(CO)CC2)c1. The van der Waals surface area contributed by atoms with Crippen molar-refractivity contribution in [2.24, 2.45) is 5.92 Å². The molecule has 0 atom stereocenters. The van der Waals surface area contributed by atoms with Gasteiger partial charge in [0.1, 0.15) is 5.82 Å². The Hall–Kier alpha value is -2.34. The van der Waals surface area contributed by atoms with Crippen LogP contribution in [-0.4, -0.2) is 45.2 Å². The minimum absolute atomic E-state index is 0.0649. The van der Waals surface area contributed by atoms with Gasteiger partial charge in [0.15, 0.2) is 0 Å². The summed E-state index contributed by atoms with van der Waals surface area (Å²) in [6.07, 6.45) is 5.52. The van der Waals surface area contributed by atoms with Crippen LogP contribution in [0.1, 0.15) is 35.9 Å². The second-order valence-electron chi connectivity index (χ2n) is 6.48. The first-order chi connectivity index (χ1) is 12.2. The highest BCUT2D eigenvalue weighted by atomic mass is 16.3. The first kappa shape index (κ1) is 17.5. The van der Waals surface area contributed by atoms with Gasteiger partial charge < -0.3 is 19.9 Å². The molecule has 1 amide bonds. The van der Waals surface area contributed by atoms with Crippen LogP contribution in [0.5, 0.6) is 0 Å². The van der Waals surface area contributed by atoms with E-state index in [-0.39, 0.29) is 12.5 Å². The van der Waals surface area contributed by atoms with E-state index in [0.717, 1.165) is 44.0 Å². The van der Waals surface area contributed by atoms with Gasteiger partial charge in [0.05, 0.1) is 6.54 Å². The highest BCUT2D eigenvalue weighted by Crippen LogP contribution is 2.20. The van der Waals surface area contributed by atoms with Crippen molar-refractivity contribution >= 4 is 11.6 Å². The fourth-order valence-corrected chi connectivity index (χ4v) is 3.24. The predicted molar refractivity (Wildman–Crippen MR) is 97.4 cm³/mol. The van der Waals surface area contributed by atoms with Crippen molar-refractivity contribution in [3.63, 3.8) is 0 Å². The average Bonchev–Trinajstić information content (AvgIpc) is 3.13. The molecule has 6 heteroatoms. The Morgan fingerprint density at radius 3 is 2.88 bits per heavy atom. The molecule has 0 aliphatic carbocycles. The maximum absolute atomic E-state index is 12.7. The van der Waals surface area contributed by atoms with E-state index in [2.05, 4.69) is 21.8 Å². The van der Waals surface area contributed by atoms with E-state index in [0.29, 0.717) is 18.0 Å². The molecular formula is C19H26N4O2. The third-order valence-electron chi connectivity index (χ3n) is 4.86. The largest absolute Gasteiger partial charge is 0.396 e. The smallest absolute Gasteiger partial charge is 0.253 e. The molecule has 1 aliphatic heterocycles. The lowest BCUT2D eigenvalue weighted by molar-refractivity contribution is 0.0651. The summed E-state index contributed by atoms with van der Waals surface area (Å²) in [5, 5.41) is 12.6. The quantitative estimate of drug-likeness (QED) is 0.845. The Balaban J connectivity index is 1.62. The summed E-state index contributed by atoms with van der Waals surface area (Å²) in [5.74, 6) is 1.37. The van der Waals surface area contributed by atoms with Crippen molar-refractivity contribution in [2.45, 2.75) is 32.9 Å². The number of carbonyl (C=O) groups excluding carboxylic acids is 1. The van der Waals surface area contributed by atoms with Gasteiger partial charge in [0, 0.05) is 49.9 Å². The first-order valence-electron chi connectivity index (χ1n) is 8.95. The molecule has 0 unspecified atom stereocenters. The standard InChI is InChI=1S/C19H26N4O2/c1-2-22-11-8-20-18(22)13-21-17-5-3-4-16(12-17)19(25)23-9-6-15(14-24)7-10-23/h3-5,8,11-12,15,21,24H,2,6-7,9-10,13-14H2,1H3. The lowest BCUT2D eigenvalue weighted by Gasteiger charge is -2.31. The monoisotopic (exact) mass is 342 g/mol. The van der Waals surface area contributed by atoms with Gasteiger partial charge in [-0.1, -0.05) is 6.07 Å². The summed E-state index contributed by atoms with van der Waals surface area (Å²) in [4.78, 5) is 18.9. The fraction of sp³-hybridized carbons (Fsp3) is 0.474. The van der Waals surface area contributed by atoms with Gasteiger partial charge in [-0.05, 0) is 43.9 Å². The molecule has 3 rings (SSSR count). The van der Waals surface area contributed by atoms with E-state index in [9.17, 15) is 9.90 Å². The molecule has 0 radical (unpaired) electrons. The van der Waals surface area contributed by atoms with Crippen molar-refractivity contribution in [3.8, 4) is 0 Å². The molecule has 1 aromatic heterocycles. The minimum atomic E-state index is 0.0649. The number of hydrogen-bond acceptors (Lipinski definition) is 4. The summed E-state index contributed by atoms with van der Waals surface area (Å²) < 4.78 is 2.09. The van der Waals surface area contributed by atoms with Crippen LogP contribution in [0, 0.1) is 5.92 Å². The van der Waals surface area contributed by atoms with E-state index < -0.39 is 0 Å². The maximum atomic E-state index is 12.7. The number of imidazole rings is 1. The van der Waals surface area contributed by atoms with Gasteiger partial charge in [0.2, 0.25) is 0 Å². The molecule has 2 N–H and O–H groups in total. The van der Waals surface area contributed by atoms with Gasteiger partial charge >= 0.3 is 0 Å². The van der Waals surface area contributed by atoms with Gasteiger partial charge in [-0.25, -0.2) is 4.98 Å². The summed E-state index contributed by atoms with van der Waals surface area (Å²) >= 11 is 0. The normalized spacial score (nSPS) is 15.4. The van der Waals surface area contributed by atoms with Crippen LogP contribution in [0.3, 0.4) is 0 Å². The molecule has 2 heterocycles. The molecule has 134 valence electrons. The number of rotatable bonds is 6. The molecule has 0 spiro atoms. The highest BCUT2D eigenvalue weighted by molar-refractivity contribution is 5.95. The van der Waals surface area contributed by atoms with E-state index >= 15 is 0 Å². The lowest BCUT2D eigenvalue weighted by Crippen LogP contribution is -2.39. The number of nitrogens with one attached hydrogen (secondary N) is 1. The minimum Gasteiger partial charge on any atom is -0.396 e. The van der Waals surface area contributed by atoms with Crippen molar-refractivity contribution < 1.29 is 9.90 Å². The van der Waals surface area contributed by atoms with E-state index in [1.807, 2.05) is 35.4 Å². The number of piperidine rings is 1. The molecular weight excluding hydrogens is 316 g/mol. The third kappa shape index (κ3) is 4.20. The molecule has 25 heavy (non-hydrogen) atoms. The number of amides is 1. The number of likely N-dealkylation sites (tertiary alicyclic amines) is 1. The van der Waals surface area contributed by atoms with Gasteiger partial charge in [-0.3, -0.25) is 4.79 Å². The molecule has 2 aromatic rings. The zero-order chi connectivity index (χ0) is 17.6. The van der Waals surface area contributed by atoms with Crippen molar-refractivity contribution in [2.75, 3.05) is 25.0 Å². The van der Waals surface area contributed by atoms with E-state index in [4.69, 9.17) is 0 Å². The molecule has 1 fully saturated rings. The molecule has 0 bridgehead atoms. The Bertz CT molecular complexity index is 705. The number of nitrogens with zero attached hydrogens (tertiary/aromatic N) is 3. The predicted octanol–water partition coefficient (Wildman–Crippen LogP) is 2.36. The van der Waals surface area contributed by atoms with Crippen LogP contribution in [0.2, 0.25) is 0 Å². The van der Waals surface area contributed by atoms with Gasteiger partial charge in [-0.15, -0.1) is 0 Å². The number of aliphatic hydroxyl groups is 1. The van der Waals surface area contributed by atoms with Crippen LogP contribution in [-0.2, 0) is 13.1 Å². The van der Waals surface area contributed by atoms with Crippen molar-refractivity contribution in [1.29, 1.82) is 0 Å². The third-order valence-corrected chi connectivity index (χ3v) is 4.86. The van der Waals surface area contributed by atoms with Crippen LogP contribution in [0.25, 0.3) is 0 Å². The van der Waals surface area contributed by atoms with Crippen LogP contribution < -0.4 is 5.32 Å². The summed E-state index contributed by atoms with van der Waals surface area (Å²) in [7, 11) is 0. The maximum Gasteiger partial charge on any atom is 0.253 e. The molecule has 1 saturated heterocycles. The number of aromatic nitrogens is 2. The molecule has 0 saturated carbocycles. The highest BCUT2D eigenvalue weighted by Gasteiger charge is 2.23. The van der Waals surface area contributed by atoms with Crippen molar-refractivity contribution in [1.82, 2.24) is 14.5 Å². The van der Waals surface area contributed by atoms with Gasteiger partial charge in [0.25, 0.3) is 5.91 Å². The number of anilines is 1. The number of aliphatic hydroxyl groups excluding tert-OH is 1. The Morgan fingerprint density at radius 1 is 1.36 bits per heavy atom. The molecule has 1 aromatic carbocycles. The zero-order valence-electron chi connectivity index (χ0n) is 14.7. The summed E-state index contributed by atoms with van der Waals surface area (Å²) in [5.41, 5.74) is 1.62. The topological polar surface area (TPSA) is 70.4 Å². The summed E-state index contributed by atoms with van der Waals surface area (Å²) in [6, 6.07) is 7.63. The van der Waals surface area contributed by atoms with E-state index in [1.54, 1.807) is 6.20 Å². The average molecular weight is 342 g/mol. The Kier molecular flexibility index (Phi) is 5.71. The summed E-state index contributed by atoms with van der Waals surface area (Å²) in [6.45, 7) is 5.25. The number of carbonyl (C=O) groups is 1. The van der Waals surface area contributed by atoms with Crippen LogP contribution in [0.15, 0.2) is 36.7 Å². The van der Waals surface area contributed by atoms with Crippen LogP contribution >= 0.6 is 0 Å². The Morgan fingerprint density at radius 2 is 2.16 bits per heavy atom. The number of hydrogen-bond donors (Lipinski definition) is 2. The fourth-order valence-electron chi connectivity index (χ4n) is 3.24. The second-order valence-corrected chi connectivity index (χ2v) is 6.48. The number of benzene rings is 1. The molecule has 1 aliphatic rings. The Labute approximate surface area is 148 Å². The molecule has 6 nitrogen and oxygen atoms in total. The van der Waals surface area contributed by atoms with E-state index in [1.165, 1.54) is 0 Å². The second kappa shape index (κ2) is 8.16. The van der Waals surface area contributed by atoms with Gasteiger partial charge in [-0.2, -0.15) is 0 Å².